The molecule has 2 amide bonds. The lowest BCUT2D eigenvalue weighted by Gasteiger charge is -2.25. The summed E-state index contributed by atoms with van der Waals surface area (Å²) in [4.78, 5) is 25.5. The Morgan fingerprint density at radius 1 is 1.24 bits per heavy atom. The van der Waals surface area contributed by atoms with E-state index in [0.717, 1.165) is 0 Å². The first-order valence-corrected chi connectivity index (χ1v) is 5.22. The molecule has 0 rings (SSSR count). The van der Waals surface area contributed by atoms with Gasteiger partial charge >= 0.3 is 6.09 Å². The molecule has 0 aromatic rings. The Hall–Kier alpha value is -1.77. The molecular weight excluding hydrogens is 222 g/mol. The van der Waals surface area contributed by atoms with Crippen molar-refractivity contribution in [2.75, 3.05) is 27.2 Å². The third-order valence-electron chi connectivity index (χ3n) is 1.81. The van der Waals surface area contributed by atoms with Crippen LogP contribution in [-0.4, -0.2) is 54.6 Å². The molecule has 0 N–H and O–H groups in total. The number of nitriles is 1. The van der Waals surface area contributed by atoms with E-state index in [1.807, 2.05) is 6.07 Å². The highest BCUT2D eigenvalue weighted by Gasteiger charge is 2.22. The first kappa shape index (κ1) is 15.2. The predicted octanol–water partition coefficient (Wildman–Crippen LogP) is 0.835. The van der Waals surface area contributed by atoms with Crippen molar-refractivity contribution in [3.05, 3.63) is 0 Å². The van der Waals surface area contributed by atoms with Crippen molar-refractivity contribution in [1.29, 1.82) is 5.26 Å². The molecule has 0 aromatic heterocycles. The zero-order valence-corrected chi connectivity index (χ0v) is 11.0. The van der Waals surface area contributed by atoms with E-state index in [9.17, 15) is 9.59 Å². The zero-order valence-electron chi connectivity index (χ0n) is 11.0. The summed E-state index contributed by atoms with van der Waals surface area (Å²) in [5.41, 5.74) is -0.590. The molecule has 0 saturated carbocycles. The summed E-state index contributed by atoms with van der Waals surface area (Å²) in [6.45, 7) is 5.15. The van der Waals surface area contributed by atoms with Gasteiger partial charge in [0, 0.05) is 14.1 Å². The van der Waals surface area contributed by atoms with Crippen LogP contribution in [0.4, 0.5) is 4.79 Å². The monoisotopic (exact) mass is 241 g/mol. The van der Waals surface area contributed by atoms with Crippen molar-refractivity contribution in [1.82, 2.24) is 9.80 Å². The maximum Gasteiger partial charge on any atom is 0.410 e. The molecule has 0 heterocycles. The van der Waals surface area contributed by atoms with E-state index in [4.69, 9.17) is 10.00 Å². The van der Waals surface area contributed by atoms with Gasteiger partial charge in [0.15, 0.2) is 0 Å². The minimum absolute atomic E-state index is 0.000984. The second kappa shape index (κ2) is 6.09. The van der Waals surface area contributed by atoms with Crippen molar-refractivity contribution in [3.63, 3.8) is 0 Å². The number of rotatable bonds is 3. The van der Waals surface area contributed by atoms with Gasteiger partial charge in [0.05, 0.1) is 6.07 Å². The maximum atomic E-state index is 11.5. The normalized spacial score (nSPS) is 10.4. The topological polar surface area (TPSA) is 73.6 Å². The minimum atomic E-state index is -0.590. The van der Waals surface area contributed by atoms with Gasteiger partial charge in [-0.3, -0.25) is 4.79 Å². The summed E-state index contributed by atoms with van der Waals surface area (Å²) in [5, 5.41) is 8.43. The number of hydrogen-bond donors (Lipinski definition) is 0. The molecule has 17 heavy (non-hydrogen) atoms. The van der Waals surface area contributed by atoms with Crippen molar-refractivity contribution >= 4 is 12.0 Å². The first-order chi connectivity index (χ1) is 7.67. The van der Waals surface area contributed by atoms with Crippen LogP contribution >= 0.6 is 0 Å². The average Bonchev–Trinajstić information content (AvgIpc) is 2.15. The lowest BCUT2D eigenvalue weighted by Crippen LogP contribution is -2.41. The van der Waals surface area contributed by atoms with Crippen molar-refractivity contribution in [3.8, 4) is 6.07 Å². The number of amides is 2. The smallest absolute Gasteiger partial charge is 0.410 e. The van der Waals surface area contributed by atoms with Crippen molar-refractivity contribution < 1.29 is 14.3 Å². The fourth-order valence-corrected chi connectivity index (χ4v) is 0.922. The molecule has 0 aliphatic rings. The Morgan fingerprint density at radius 2 is 1.76 bits per heavy atom. The molecule has 0 atom stereocenters. The van der Waals surface area contributed by atoms with Crippen LogP contribution in [0.15, 0.2) is 0 Å². The Balaban J connectivity index is 4.27. The molecule has 0 aromatic carbocycles. The fraction of sp³-hybridized carbons (Fsp3) is 0.727. The summed E-state index contributed by atoms with van der Waals surface area (Å²) in [5.74, 6) is -0.306. The molecule has 0 bridgehead atoms. The highest BCUT2D eigenvalue weighted by Crippen LogP contribution is 2.08. The van der Waals surface area contributed by atoms with Crippen LogP contribution in [0.3, 0.4) is 0 Å². The number of carbonyl (C=O) groups is 2. The Bertz CT molecular complexity index is 328. The Labute approximate surface area is 102 Å². The van der Waals surface area contributed by atoms with Crippen LogP contribution in [0.5, 0.6) is 0 Å². The third-order valence-corrected chi connectivity index (χ3v) is 1.81. The minimum Gasteiger partial charge on any atom is -0.444 e. The Kier molecular flexibility index (Phi) is 5.45. The van der Waals surface area contributed by atoms with Gasteiger partial charge in [-0.2, -0.15) is 5.26 Å². The Morgan fingerprint density at radius 3 is 2.18 bits per heavy atom. The van der Waals surface area contributed by atoms with Crippen molar-refractivity contribution in [2.24, 2.45) is 0 Å². The third kappa shape index (κ3) is 6.40. The largest absolute Gasteiger partial charge is 0.444 e. The van der Waals surface area contributed by atoms with E-state index in [1.54, 1.807) is 20.8 Å². The first-order valence-electron chi connectivity index (χ1n) is 5.22. The standard InChI is InChI=1S/C11H19N3O3/c1-11(2,3)17-10(16)14(5)8-9(15)13(4)7-6-12/h7-8H2,1-5H3. The van der Waals surface area contributed by atoms with Crippen LogP contribution in [0.1, 0.15) is 20.8 Å². The number of carbonyl (C=O) groups excluding carboxylic acids is 2. The molecule has 0 spiro atoms. The lowest BCUT2D eigenvalue weighted by atomic mass is 10.2. The molecule has 0 unspecified atom stereocenters. The molecule has 0 radical (unpaired) electrons. The maximum absolute atomic E-state index is 11.5. The van der Waals surface area contributed by atoms with Crippen LogP contribution in [-0.2, 0) is 9.53 Å². The van der Waals surface area contributed by atoms with Gasteiger partial charge < -0.3 is 14.5 Å². The molecule has 0 fully saturated rings. The SMILES string of the molecule is CN(CC#N)C(=O)CN(C)C(=O)OC(C)(C)C. The summed E-state index contributed by atoms with van der Waals surface area (Å²) < 4.78 is 5.09. The number of nitrogens with zero attached hydrogens (tertiary/aromatic N) is 3. The van der Waals surface area contributed by atoms with E-state index in [1.165, 1.54) is 23.9 Å². The van der Waals surface area contributed by atoms with Crippen LogP contribution in [0.2, 0.25) is 0 Å². The van der Waals surface area contributed by atoms with Gasteiger partial charge in [0.25, 0.3) is 0 Å². The number of hydrogen-bond acceptors (Lipinski definition) is 4. The quantitative estimate of drug-likeness (QED) is 0.686. The molecule has 0 aliphatic heterocycles. The van der Waals surface area contributed by atoms with E-state index in [0.29, 0.717) is 0 Å². The zero-order chi connectivity index (χ0) is 13.6. The summed E-state index contributed by atoms with van der Waals surface area (Å²) in [6, 6.07) is 1.86. The van der Waals surface area contributed by atoms with Gasteiger partial charge in [-0.05, 0) is 20.8 Å². The second-order valence-corrected chi connectivity index (χ2v) is 4.74. The predicted molar refractivity (Wildman–Crippen MR) is 62.1 cm³/mol. The van der Waals surface area contributed by atoms with Crippen LogP contribution < -0.4 is 0 Å². The molecule has 96 valence electrons. The summed E-state index contributed by atoms with van der Waals surface area (Å²) in [6.07, 6.45) is -0.559. The lowest BCUT2D eigenvalue weighted by molar-refractivity contribution is -0.130. The van der Waals surface area contributed by atoms with E-state index in [2.05, 4.69) is 0 Å². The van der Waals surface area contributed by atoms with E-state index < -0.39 is 11.7 Å². The highest BCUT2D eigenvalue weighted by molar-refractivity contribution is 5.82. The molecule has 0 aliphatic carbocycles. The molecular formula is C11H19N3O3. The fourth-order valence-electron chi connectivity index (χ4n) is 0.922. The van der Waals surface area contributed by atoms with Crippen molar-refractivity contribution in [2.45, 2.75) is 26.4 Å². The molecule has 6 heteroatoms. The second-order valence-electron chi connectivity index (χ2n) is 4.74. The molecule has 6 nitrogen and oxygen atoms in total. The average molecular weight is 241 g/mol. The van der Waals surface area contributed by atoms with Gasteiger partial charge in [-0.1, -0.05) is 0 Å². The number of likely N-dealkylation sites (N-methyl/N-ethyl adjacent to an activating group) is 2. The van der Waals surface area contributed by atoms with Gasteiger partial charge in [-0.25, -0.2) is 4.79 Å². The van der Waals surface area contributed by atoms with E-state index in [-0.39, 0.29) is 19.0 Å². The highest BCUT2D eigenvalue weighted by atomic mass is 16.6. The van der Waals surface area contributed by atoms with Crippen LogP contribution in [0, 0.1) is 11.3 Å². The summed E-state index contributed by atoms with van der Waals surface area (Å²) >= 11 is 0. The molecule has 0 saturated heterocycles. The van der Waals surface area contributed by atoms with E-state index >= 15 is 0 Å². The van der Waals surface area contributed by atoms with Crippen LogP contribution in [0.25, 0.3) is 0 Å². The van der Waals surface area contributed by atoms with Gasteiger partial charge in [0.2, 0.25) is 5.91 Å². The van der Waals surface area contributed by atoms with Gasteiger partial charge in [0.1, 0.15) is 18.7 Å². The van der Waals surface area contributed by atoms with Gasteiger partial charge in [-0.15, -0.1) is 0 Å². The number of ether oxygens (including phenoxy) is 1. The summed E-state index contributed by atoms with van der Waals surface area (Å²) in [7, 11) is 2.99.